The van der Waals surface area contributed by atoms with Crippen LogP contribution in [0.25, 0.3) is 23.1 Å². The van der Waals surface area contributed by atoms with Crippen molar-refractivity contribution in [3.63, 3.8) is 0 Å². The van der Waals surface area contributed by atoms with Gasteiger partial charge in [-0.3, -0.25) is 9.69 Å². The molecule has 0 saturated heterocycles. The first-order valence-electron chi connectivity index (χ1n) is 8.07. The molecule has 0 saturated carbocycles. The van der Waals surface area contributed by atoms with Gasteiger partial charge in [0.05, 0.1) is 11.2 Å². The van der Waals surface area contributed by atoms with Crippen molar-refractivity contribution in [1.82, 2.24) is 9.47 Å². The molecule has 0 unspecified atom stereocenters. The lowest BCUT2D eigenvalue weighted by Crippen LogP contribution is -2.30. The number of hydrogen-bond donors (Lipinski definition) is 1. The predicted molar refractivity (Wildman–Crippen MR) is 103 cm³/mol. The summed E-state index contributed by atoms with van der Waals surface area (Å²) in [5, 5.41) is 10.2. The zero-order valence-electron chi connectivity index (χ0n) is 14.7. The van der Waals surface area contributed by atoms with E-state index >= 15 is 0 Å². The molecule has 0 spiro atoms. The van der Waals surface area contributed by atoms with Gasteiger partial charge in [-0.05, 0) is 45.1 Å². The van der Waals surface area contributed by atoms with E-state index in [0.29, 0.717) is 0 Å². The molecule has 1 N–H and O–H groups in total. The lowest BCUT2D eigenvalue weighted by molar-refractivity contribution is -0.137. The third-order valence-electron chi connectivity index (χ3n) is 3.81. The van der Waals surface area contributed by atoms with Crippen LogP contribution in [0.5, 0.6) is 0 Å². The molecule has 1 aliphatic heterocycles. The number of carboxylic acid groups (broad SMARTS) is 1. The summed E-state index contributed by atoms with van der Waals surface area (Å²) in [6.45, 7) is 5.23. The molecule has 0 fully saturated rings. The second-order valence-electron chi connectivity index (χ2n) is 6.93. The zero-order chi connectivity index (χ0) is 19.1. The smallest absolute Gasteiger partial charge is 0.418 e. The van der Waals surface area contributed by atoms with Crippen LogP contribution in [-0.2, 0) is 16.1 Å². The van der Waals surface area contributed by atoms with Crippen LogP contribution >= 0.6 is 15.9 Å². The molecule has 1 aliphatic rings. The molecule has 0 radical (unpaired) electrons. The summed E-state index contributed by atoms with van der Waals surface area (Å²) in [7, 11) is 0. The van der Waals surface area contributed by atoms with Gasteiger partial charge in [-0.25, -0.2) is 4.79 Å². The average Bonchev–Trinajstić information content (AvgIpc) is 2.67. The van der Waals surface area contributed by atoms with Gasteiger partial charge in [0.15, 0.2) is 0 Å². The molecule has 2 heterocycles. The maximum atomic E-state index is 12.3. The number of carbonyl (C=O) groups is 2. The van der Waals surface area contributed by atoms with Crippen molar-refractivity contribution in [2.75, 3.05) is 0 Å². The average molecular weight is 419 g/mol. The molecule has 7 heteroatoms. The van der Waals surface area contributed by atoms with Crippen molar-refractivity contribution < 1.29 is 19.4 Å². The summed E-state index contributed by atoms with van der Waals surface area (Å²) < 4.78 is 7.97. The van der Waals surface area contributed by atoms with Gasteiger partial charge in [0.25, 0.3) is 0 Å². The first-order chi connectivity index (χ1) is 12.2. The summed E-state index contributed by atoms with van der Waals surface area (Å²) in [6.07, 6.45) is 6.24. The minimum absolute atomic E-state index is 0.174. The molecule has 1 aromatic carbocycles. The predicted octanol–water partition coefficient (Wildman–Crippen LogP) is 4.68. The highest BCUT2D eigenvalue weighted by molar-refractivity contribution is 9.10. The van der Waals surface area contributed by atoms with Gasteiger partial charge in [0, 0.05) is 27.8 Å². The fourth-order valence-electron chi connectivity index (χ4n) is 2.85. The van der Waals surface area contributed by atoms with E-state index in [1.165, 1.54) is 4.90 Å². The quantitative estimate of drug-likeness (QED) is 0.768. The number of ether oxygens (including phenoxy) is 1. The van der Waals surface area contributed by atoms with E-state index in [1.807, 2.05) is 18.2 Å². The van der Waals surface area contributed by atoms with E-state index in [1.54, 1.807) is 49.9 Å². The highest BCUT2D eigenvalue weighted by Crippen LogP contribution is 2.35. The van der Waals surface area contributed by atoms with Crippen molar-refractivity contribution in [3.8, 4) is 0 Å². The van der Waals surface area contributed by atoms with Gasteiger partial charge >= 0.3 is 12.1 Å². The van der Waals surface area contributed by atoms with Crippen LogP contribution in [0.1, 0.15) is 32.0 Å². The Labute approximate surface area is 159 Å². The van der Waals surface area contributed by atoms with Crippen LogP contribution in [0, 0.1) is 0 Å². The number of hydrogen-bond acceptors (Lipinski definition) is 3. The number of amides is 1. The Morgan fingerprint density at radius 3 is 2.54 bits per heavy atom. The monoisotopic (exact) mass is 418 g/mol. The Kier molecular flexibility index (Phi) is 4.66. The van der Waals surface area contributed by atoms with Gasteiger partial charge in [0.1, 0.15) is 12.1 Å². The molecule has 3 rings (SSSR count). The largest absolute Gasteiger partial charge is 0.480 e. The van der Waals surface area contributed by atoms with Crippen molar-refractivity contribution in [2.45, 2.75) is 32.9 Å². The van der Waals surface area contributed by atoms with Gasteiger partial charge < -0.3 is 14.4 Å². The molecule has 0 aliphatic carbocycles. The molecule has 1 amide bonds. The standard InChI is InChI=1S/C19H19BrN2O4/c1-19(2,3)26-18(25)21-9-7-12-14(8-10-21)22(11-16(23)24)15-6-4-5-13(20)17(12)15/h4-10H,11H2,1-3H3,(H,23,24). The summed E-state index contributed by atoms with van der Waals surface area (Å²) in [6, 6.07) is 5.65. The third-order valence-corrected chi connectivity index (χ3v) is 4.47. The lowest BCUT2D eigenvalue weighted by Gasteiger charge is -2.22. The first-order valence-corrected chi connectivity index (χ1v) is 8.87. The van der Waals surface area contributed by atoms with E-state index < -0.39 is 17.7 Å². The summed E-state index contributed by atoms with van der Waals surface area (Å²) in [5.41, 5.74) is 1.77. The fraction of sp³-hybridized carbons (Fsp3) is 0.263. The molecular weight excluding hydrogens is 400 g/mol. The Hall–Kier alpha value is -2.54. The van der Waals surface area contributed by atoms with Gasteiger partial charge in [0.2, 0.25) is 0 Å². The molecule has 26 heavy (non-hydrogen) atoms. The number of carbonyl (C=O) groups excluding carboxylic acids is 1. The number of aliphatic carboxylic acids is 1. The van der Waals surface area contributed by atoms with Crippen LogP contribution in [0.4, 0.5) is 4.79 Å². The molecule has 2 aromatic rings. The van der Waals surface area contributed by atoms with Crippen LogP contribution < -0.4 is 0 Å². The second-order valence-corrected chi connectivity index (χ2v) is 7.79. The zero-order valence-corrected chi connectivity index (χ0v) is 16.3. The van der Waals surface area contributed by atoms with Crippen LogP contribution in [0.15, 0.2) is 35.1 Å². The highest BCUT2D eigenvalue weighted by Gasteiger charge is 2.23. The molecular formula is C19H19BrN2O4. The SMILES string of the molecule is CC(C)(C)OC(=O)N1C=Cc2c(n(CC(=O)O)c3cccc(Br)c23)C=C1. The minimum Gasteiger partial charge on any atom is -0.480 e. The summed E-state index contributed by atoms with van der Waals surface area (Å²) in [4.78, 5) is 25.0. The number of carboxylic acids is 1. The third kappa shape index (κ3) is 3.53. The maximum Gasteiger partial charge on any atom is 0.418 e. The van der Waals surface area contributed by atoms with Crippen LogP contribution in [0.2, 0.25) is 0 Å². The number of rotatable bonds is 2. The molecule has 136 valence electrons. The van der Waals surface area contributed by atoms with E-state index in [4.69, 9.17) is 4.74 Å². The van der Waals surface area contributed by atoms with Crippen LogP contribution in [0.3, 0.4) is 0 Å². The topological polar surface area (TPSA) is 71.8 Å². The molecule has 1 aromatic heterocycles. The minimum atomic E-state index is -0.935. The molecule has 0 atom stereocenters. The van der Waals surface area contributed by atoms with E-state index in [-0.39, 0.29) is 6.54 Å². The van der Waals surface area contributed by atoms with Gasteiger partial charge in [-0.2, -0.15) is 0 Å². The first kappa shape index (κ1) is 18.3. The number of fused-ring (bicyclic) bond motifs is 3. The number of aromatic nitrogens is 1. The highest BCUT2D eigenvalue weighted by atomic mass is 79.9. The Morgan fingerprint density at radius 2 is 1.88 bits per heavy atom. The molecule has 0 bridgehead atoms. The summed E-state index contributed by atoms with van der Waals surface area (Å²) >= 11 is 3.54. The van der Waals surface area contributed by atoms with Crippen molar-refractivity contribution in [2.24, 2.45) is 0 Å². The second kappa shape index (κ2) is 6.64. The van der Waals surface area contributed by atoms with Crippen molar-refractivity contribution >= 4 is 51.0 Å². The van der Waals surface area contributed by atoms with Crippen molar-refractivity contribution in [3.05, 3.63) is 46.3 Å². The van der Waals surface area contributed by atoms with E-state index in [0.717, 1.165) is 26.6 Å². The Morgan fingerprint density at radius 1 is 1.19 bits per heavy atom. The summed E-state index contributed by atoms with van der Waals surface area (Å²) in [5.74, 6) is -0.935. The maximum absolute atomic E-state index is 12.3. The Bertz CT molecular complexity index is 951. The number of benzene rings is 1. The normalized spacial score (nSPS) is 13.6. The number of nitrogens with zero attached hydrogens (tertiary/aromatic N) is 2. The van der Waals surface area contributed by atoms with Crippen LogP contribution in [-0.4, -0.2) is 32.2 Å². The van der Waals surface area contributed by atoms with Gasteiger partial charge in [-0.15, -0.1) is 0 Å². The van der Waals surface area contributed by atoms with Gasteiger partial charge in [-0.1, -0.05) is 22.0 Å². The van der Waals surface area contributed by atoms with Crippen molar-refractivity contribution in [1.29, 1.82) is 0 Å². The Balaban J connectivity index is 2.10. The van der Waals surface area contributed by atoms with E-state index in [9.17, 15) is 14.7 Å². The lowest BCUT2D eigenvalue weighted by atomic mass is 10.1. The fourth-order valence-corrected chi connectivity index (χ4v) is 3.42. The number of halogens is 1. The van der Waals surface area contributed by atoms with E-state index in [2.05, 4.69) is 15.9 Å². The molecule has 6 nitrogen and oxygen atoms in total.